The molecule has 1 amide bonds. The van der Waals surface area contributed by atoms with Gasteiger partial charge in [-0.3, -0.25) is 4.79 Å². The monoisotopic (exact) mass is 496 g/mol. The summed E-state index contributed by atoms with van der Waals surface area (Å²) < 4.78 is 5.73. The molecule has 2 N–H and O–H groups in total. The Hall–Kier alpha value is -1.35. The Morgan fingerprint density at radius 2 is 1.96 bits per heavy atom. The maximum absolute atomic E-state index is 12.0. The van der Waals surface area contributed by atoms with E-state index in [0.717, 1.165) is 0 Å². The van der Waals surface area contributed by atoms with E-state index in [1.54, 1.807) is 6.07 Å². The third-order valence-corrected chi connectivity index (χ3v) is 4.21. The van der Waals surface area contributed by atoms with E-state index in [4.69, 9.17) is 27.9 Å². The Morgan fingerprint density at radius 1 is 1.25 bits per heavy atom. The molecule has 0 atom stereocenters. The molecule has 0 saturated heterocycles. The lowest BCUT2D eigenvalue weighted by Crippen LogP contribution is -2.21. The van der Waals surface area contributed by atoms with E-state index in [1.165, 1.54) is 18.3 Å². The van der Waals surface area contributed by atoms with E-state index >= 15 is 0 Å². The molecular weight excluding hydrogens is 491 g/mol. The second-order valence-corrected chi connectivity index (χ2v) is 7.01. The number of rotatable bonds is 4. The summed E-state index contributed by atoms with van der Waals surface area (Å²) in [6, 6.07) is 4.35. The minimum atomic E-state index is -0.861. The predicted octanol–water partition coefficient (Wildman–Crippen LogP) is 4.41. The van der Waals surface area contributed by atoms with Gasteiger partial charge in [0.2, 0.25) is 0 Å². The number of benzene rings is 1. The van der Waals surface area contributed by atoms with Crippen molar-refractivity contribution in [3.63, 3.8) is 0 Å². The number of halogens is 4. The van der Waals surface area contributed by atoms with Gasteiger partial charge in [-0.05, 0) is 34.1 Å². The molecule has 6 nitrogen and oxygen atoms in total. The van der Waals surface area contributed by atoms with Crippen LogP contribution in [0.1, 0.15) is 10.4 Å². The molecule has 0 aliphatic carbocycles. The number of carbonyl (C=O) groups excluding carboxylic acids is 2. The normalized spacial score (nSPS) is 10.3. The van der Waals surface area contributed by atoms with Crippen LogP contribution in [-0.2, 0) is 9.53 Å². The van der Waals surface area contributed by atoms with Crippen molar-refractivity contribution in [2.75, 3.05) is 11.9 Å². The second-order valence-electron chi connectivity index (χ2n) is 4.39. The van der Waals surface area contributed by atoms with Crippen molar-refractivity contribution in [1.29, 1.82) is 0 Å². The molecule has 24 heavy (non-hydrogen) atoms. The van der Waals surface area contributed by atoms with E-state index in [9.17, 15) is 14.7 Å². The molecular formula is C14H8Br2Cl2N2O4. The molecule has 0 aliphatic heterocycles. The van der Waals surface area contributed by atoms with Crippen molar-refractivity contribution in [3.8, 4) is 5.75 Å². The number of carbonyl (C=O) groups is 2. The summed E-state index contributed by atoms with van der Waals surface area (Å²) in [5.41, 5.74) is -0.0910. The summed E-state index contributed by atoms with van der Waals surface area (Å²) >= 11 is 17.9. The van der Waals surface area contributed by atoms with Gasteiger partial charge in [0, 0.05) is 10.7 Å². The van der Waals surface area contributed by atoms with Crippen LogP contribution in [0.3, 0.4) is 0 Å². The highest BCUT2D eigenvalue weighted by Crippen LogP contribution is 2.32. The number of phenolic OH excluding ortho intramolecular Hbond substituents is 1. The topological polar surface area (TPSA) is 88.5 Å². The fourth-order valence-corrected chi connectivity index (χ4v) is 3.26. The van der Waals surface area contributed by atoms with Gasteiger partial charge in [0.05, 0.1) is 14.5 Å². The van der Waals surface area contributed by atoms with Gasteiger partial charge in [-0.15, -0.1) is 0 Å². The van der Waals surface area contributed by atoms with Gasteiger partial charge in [0.1, 0.15) is 11.3 Å². The lowest BCUT2D eigenvalue weighted by molar-refractivity contribution is -0.119. The maximum Gasteiger partial charge on any atom is 0.342 e. The van der Waals surface area contributed by atoms with Crippen LogP contribution in [0, 0.1) is 0 Å². The predicted molar refractivity (Wildman–Crippen MR) is 96.7 cm³/mol. The van der Waals surface area contributed by atoms with Crippen LogP contribution in [0.5, 0.6) is 5.75 Å². The first-order valence-electron chi connectivity index (χ1n) is 6.24. The highest BCUT2D eigenvalue weighted by Gasteiger charge is 2.18. The van der Waals surface area contributed by atoms with Crippen molar-refractivity contribution in [3.05, 3.63) is 49.0 Å². The number of aromatic nitrogens is 1. The van der Waals surface area contributed by atoms with Gasteiger partial charge in [-0.1, -0.05) is 39.1 Å². The first-order chi connectivity index (χ1) is 11.3. The highest BCUT2D eigenvalue weighted by atomic mass is 79.9. The number of anilines is 1. The number of esters is 1. The van der Waals surface area contributed by atoms with Crippen molar-refractivity contribution in [2.24, 2.45) is 0 Å². The fourth-order valence-electron chi connectivity index (χ4n) is 1.61. The van der Waals surface area contributed by atoms with Gasteiger partial charge >= 0.3 is 5.97 Å². The number of hydrogen-bond acceptors (Lipinski definition) is 5. The van der Waals surface area contributed by atoms with Crippen molar-refractivity contribution < 1.29 is 19.4 Å². The Bertz CT molecular complexity index is 818. The molecule has 0 unspecified atom stereocenters. The third-order valence-electron chi connectivity index (χ3n) is 2.65. The number of pyridine rings is 1. The van der Waals surface area contributed by atoms with Crippen molar-refractivity contribution in [2.45, 2.75) is 0 Å². The molecule has 1 aromatic carbocycles. The number of amides is 1. The first kappa shape index (κ1) is 19.0. The molecule has 10 heteroatoms. The average Bonchev–Trinajstić information content (AvgIpc) is 2.51. The molecule has 0 spiro atoms. The van der Waals surface area contributed by atoms with Gasteiger partial charge in [-0.2, -0.15) is 0 Å². The number of nitrogens with zero attached hydrogens (tertiary/aromatic N) is 1. The minimum absolute atomic E-state index is 0.0910. The summed E-state index contributed by atoms with van der Waals surface area (Å²) in [5.74, 6) is -1.70. The molecule has 0 radical (unpaired) electrons. The summed E-state index contributed by atoms with van der Waals surface area (Å²) in [6.07, 6.45) is 1.31. The first-order valence-corrected chi connectivity index (χ1v) is 8.58. The van der Waals surface area contributed by atoms with E-state index < -0.39 is 18.5 Å². The molecule has 0 saturated carbocycles. The zero-order chi connectivity index (χ0) is 17.9. The van der Waals surface area contributed by atoms with Gasteiger partial charge in [-0.25, -0.2) is 9.78 Å². The quantitative estimate of drug-likeness (QED) is 0.609. The summed E-state index contributed by atoms with van der Waals surface area (Å²) in [5, 5.41) is 12.7. The Balaban J connectivity index is 2.00. The average molecular weight is 499 g/mol. The smallest absolute Gasteiger partial charge is 0.342 e. The minimum Gasteiger partial charge on any atom is -0.506 e. The van der Waals surface area contributed by atoms with Gasteiger partial charge in [0.25, 0.3) is 5.91 Å². The fraction of sp³-hybridized carbons (Fsp3) is 0.0714. The Labute approximate surface area is 163 Å². The Morgan fingerprint density at radius 3 is 2.62 bits per heavy atom. The van der Waals surface area contributed by atoms with Crippen molar-refractivity contribution >= 4 is 72.8 Å². The molecule has 0 fully saturated rings. The molecule has 2 rings (SSSR count). The molecule has 126 valence electrons. The van der Waals surface area contributed by atoms with Crippen LogP contribution in [-0.4, -0.2) is 28.6 Å². The number of ether oxygens (including phenoxy) is 1. The summed E-state index contributed by atoms with van der Waals surface area (Å²) in [4.78, 5) is 27.6. The summed E-state index contributed by atoms with van der Waals surface area (Å²) in [6.45, 7) is -0.580. The van der Waals surface area contributed by atoms with Gasteiger partial charge < -0.3 is 15.2 Å². The highest BCUT2D eigenvalue weighted by molar-refractivity contribution is 9.11. The van der Waals surface area contributed by atoms with E-state index in [0.29, 0.717) is 14.0 Å². The van der Waals surface area contributed by atoms with Crippen LogP contribution in [0.4, 0.5) is 5.82 Å². The zero-order valence-corrected chi connectivity index (χ0v) is 16.3. The van der Waals surface area contributed by atoms with Gasteiger partial charge in [0.15, 0.2) is 12.4 Å². The summed E-state index contributed by atoms with van der Waals surface area (Å²) in [7, 11) is 0. The van der Waals surface area contributed by atoms with Crippen LogP contribution in [0.15, 0.2) is 33.3 Å². The van der Waals surface area contributed by atoms with E-state index in [-0.39, 0.29) is 22.2 Å². The van der Waals surface area contributed by atoms with Crippen molar-refractivity contribution in [1.82, 2.24) is 4.98 Å². The van der Waals surface area contributed by atoms with Crippen LogP contribution in [0.25, 0.3) is 0 Å². The lowest BCUT2D eigenvalue weighted by Gasteiger charge is -2.09. The standard InChI is InChI=1S/C14H8Br2Cl2N2O4/c15-6-1-8(12(22)9(16)2-6)14(23)24-5-11(21)20-13-10(18)3-7(17)4-19-13/h1-4,22H,5H2,(H,19,20,21). The maximum atomic E-state index is 12.0. The van der Waals surface area contributed by atoms with Crippen LogP contribution < -0.4 is 5.32 Å². The molecule has 0 bridgehead atoms. The molecule has 1 heterocycles. The molecule has 0 aliphatic rings. The third kappa shape index (κ3) is 4.83. The van der Waals surface area contributed by atoms with Crippen LogP contribution >= 0.6 is 55.1 Å². The number of hydrogen-bond donors (Lipinski definition) is 2. The lowest BCUT2D eigenvalue weighted by atomic mass is 10.2. The molecule has 1 aromatic heterocycles. The van der Waals surface area contributed by atoms with E-state index in [2.05, 4.69) is 42.2 Å². The SMILES string of the molecule is O=C(COC(=O)c1cc(Br)cc(Br)c1O)Nc1ncc(Cl)cc1Cl. The van der Waals surface area contributed by atoms with E-state index in [1.807, 2.05) is 0 Å². The number of phenols is 1. The number of nitrogens with one attached hydrogen (secondary N) is 1. The zero-order valence-electron chi connectivity index (χ0n) is 11.6. The molecule has 2 aromatic rings. The number of aromatic hydroxyl groups is 1. The largest absolute Gasteiger partial charge is 0.506 e. The van der Waals surface area contributed by atoms with Crippen LogP contribution in [0.2, 0.25) is 10.0 Å². The second kappa shape index (κ2) is 8.15. The Kier molecular flexibility index (Phi) is 6.45.